The van der Waals surface area contributed by atoms with Gasteiger partial charge < -0.3 is 5.32 Å². The second-order valence-electron chi connectivity index (χ2n) is 3.91. The van der Waals surface area contributed by atoms with Crippen molar-refractivity contribution in [1.82, 2.24) is 5.32 Å². The van der Waals surface area contributed by atoms with Crippen LogP contribution in [0.2, 0.25) is 0 Å². The van der Waals surface area contributed by atoms with Crippen molar-refractivity contribution in [2.75, 3.05) is 7.05 Å². The molecule has 1 aromatic carbocycles. The zero-order valence-electron chi connectivity index (χ0n) is 9.43. The fraction of sp³-hybridized carbons (Fsp3) is 0.333. The van der Waals surface area contributed by atoms with Crippen molar-refractivity contribution in [3.63, 3.8) is 0 Å². The molecule has 0 saturated heterocycles. The lowest BCUT2D eigenvalue weighted by molar-refractivity contribution is -0.137. The van der Waals surface area contributed by atoms with Crippen LogP contribution in [-0.2, 0) is 6.18 Å². The van der Waals surface area contributed by atoms with E-state index in [9.17, 15) is 13.2 Å². The highest BCUT2D eigenvalue weighted by Crippen LogP contribution is 2.36. The molecule has 0 spiro atoms. The van der Waals surface area contributed by atoms with Crippen LogP contribution >= 0.6 is 11.3 Å². The maximum Gasteiger partial charge on any atom is 0.416 e. The van der Waals surface area contributed by atoms with E-state index in [1.807, 2.05) is 12.3 Å². The Kier molecular flexibility index (Phi) is 3.14. The number of nitrogens with one attached hydrogen (secondary N) is 1. The van der Waals surface area contributed by atoms with Crippen molar-refractivity contribution < 1.29 is 13.2 Å². The quantitative estimate of drug-likeness (QED) is 0.852. The van der Waals surface area contributed by atoms with Gasteiger partial charge in [0.05, 0.1) is 5.56 Å². The Balaban J connectivity index is 2.58. The summed E-state index contributed by atoms with van der Waals surface area (Å²) in [6, 6.07) is 3.95. The summed E-state index contributed by atoms with van der Waals surface area (Å²) >= 11 is 1.47. The topological polar surface area (TPSA) is 12.0 Å². The molecule has 0 aliphatic heterocycles. The number of hydrogen-bond acceptors (Lipinski definition) is 2. The van der Waals surface area contributed by atoms with Crippen molar-refractivity contribution in [3.8, 4) is 0 Å². The Labute approximate surface area is 101 Å². The molecule has 0 aliphatic rings. The fourth-order valence-corrected chi connectivity index (χ4v) is 2.75. The second kappa shape index (κ2) is 4.31. The summed E-state index contributed by atoms with van der Waals surface area (Å²) in [7, 11) is 1.79. The minimum atomic E-state index is -4.28. The summed E-state index contributed by atoms with van der Waals surface area (Å²) in [4.78, 5) is 0. The molecule has 1 N–H and O–H groups in total. The Morgan fingerprint density at radius 2 is 2.00 bits per heavy atom. The minimum Gasteiger partial charge on any atom is -0.313 e. The van der Waals surface area contributed by atoms with E-state index in [2.05, 4.69) is 5.32 Å². The van der Waals surface area contributed by atoms with Crippen molar-refractivity contribution in [3.05, 3.63) is 34.7 Å². The first-order valence-electron chi connectivity index (χ1n) is 5.19. The van der Waals surface area contributed by atoms with Crippen LogP contribution in [0.25, 0.3) is 10.1 Å². The standard InChI is InChI=1S/C12H12F3NS/c1-7(16-2)10-6-17-11-4-3-8(5-9(10)11)12(13,14)15/h3-7,16H,1-2H3. The highest BCUT2D eigenvalue weighted by atomic mass is 32.1. The monoisotopic (exact) mass is 259 g/mol. The van der Waals surface area contributed by atoms with Gasteiger partial charge >= 0.3 is 6.18 Å². The average Bonchev–Trinajstić information content (AvgIpc) is 2.69. The lowest BCUT2D eigenvalue weighted by Crippen LogP contribution is -2.11. The van der Waals surface area contributed by atoms with E-state index in [1.54, 1.807) is 7.05 Å². The average molecular weight is 259 g/mol. The van der Waals surface area contributed by atoms with Gasteiger partial charge in [0, 0.05) is 10.7 Å². The molecule has 0 amide bonds. The maximum absolute atomic E-state index is 12.6. The third kappa shape index (κ3) is 2.30. The molecule has 5 heteroatoms. The van der Waals surface area contributed by atoms with E-state index < -0.39 is 11.7 Å². The molecule has 1 nitrogen and oxygen atoms in total. The third-order valence-electron chi connectivity index (χ3n) is 2.83. The van der Waals surface area contributed by atoms with E-state index in [1.165, 1.54) is 23.5 Å². The predicted octanol–water partition coefficient (Wildman–Crippen LogP) is 4.20. The van der Waals surface area contributed by atoms with Crippen LogP contribution in [0.4, 0.5) is 13.2 Å². The van der Waals surface area contributed by atoms with Gasteiger partial charge in [-0.25, -0.2) is 0 Å². The van der Waals surface area contributed by atoms with Gasteiger partial charge in [-0.15, -0.1) is 11.3 Å². The zero-order chi connectivity index (χ0) is 12.6. The normalized spacial score (nSPS) is 14.2. The lowest BCUT2D eigenvalue weighted by atomic mass is 10.0. The SMILES string of the molecule is CNC(C)c1csc2ccc(C(F)(F)F)cc12. The van der Waals surface area contributed by atoms with E-state index >= 15 is 0 Å². The van der Waals surface area contributed by atoms with Gasteiger partial charge in [0.2, 0.25) is 0 Å². The smallest absolute Gasteiger partial charge is 0.313 e. The van der Waals surface area contributed by atoms with E-state index in [0.29, 0.717) is 5.39 Å². The molecule has 92 valence electrons. The van der Waals surface area contributed by atoms with Crippen LogP contribution in [0.15, 0.2) is 23.6 Å². The largest absolute Gasteiger partial charge is 0.416 e. The van der Waals surface area contributed by atoms with Gasteiger partial charge in [-0.05, 0) is 48.5 Å². The van der Waals surface area contributed by atoms with Crippen LogP contribution in [0, 0.1) is 0 Å². The molecule has 0 bridgehead atoms. The Morgan fingerprint density at radius 3 is 2.59 bits per heavy atom. The van der Waals surface area contributed by atoms with E-state index in [4.69, 9.17) is 0 Å². The first-order chi connectivity index (χ1) is 7.93. The van der Waals surface area contributed by atoms with Gasteiger partial charge in [-0.3, -0.25) is 0 Å². The summed E-state index contributed by atoms with van der Waals surface area (Å²) in [6.45, 7) is 1.93. The molecule has 0 fully saturated rings. The highest BCUT2D eigenvalue weighted by molar-refractivity contribution is 7.17. The number of halogens is 3. The molecular weight excluding hydrogens is 247 g/mol. The molecule has 0 saturated carbocycles. The minimum absolute atomic E-state index is 0.0484. The molecule has 0 radical (unpaired) electrons. The Hall–Kier alpha value is -1.07. The zero-order valence-corrected chi connectivity index (χ0v) is 10.2. The summed E-state index contributed by atoms with van der Waals surface area (Å²) in [5.74, 6) is 0. The third-order valence-corrected chi connectivity index (χ3v) is 3.81. The maximum atomic E-state index is 12.6. The second-order valence-corrected chi connectivity index (χ2v) is 4.82. The van der Waals surface area contributed by atoms with Crippen LogP contribution < -0.4 is 5.32 Å². The van der Waals surface area contributed by atoms with Crippen molar-refractivity contribution in [2.24, 2.45) is 0 Å². The van der Waals surface area contributed by atoms with Crippen LogP contribution in [0.5, 0.6) is 0 Å². The van der Waals surface area contributed by atoms with Crippen LogP contribution in [0.3, 0.4) is 0 Å². The molecule has 2 aromatic rings. The Morgan fingerprint density at radius 1 is 1.29 bits per heavy atom. The molecule has 1 heterocycles. The molecule has 1 aromatic heterocycles. The van der Waals surface area contributed by atoms with Crippen LogP contribution in [-0.4, -0.2) is 7.05 Å². The highest BCUT2D eigenvalue weighted by Gasteiger charge is 2.30. The number of hydrogen-bond donors (Lipinski definition) is 1. The molecule has 0 aliphatic carbocycles. The summed E-state index contributed by atoms with van der Waals surface area (Å²) in [5.41, 5.74) is 0.326. The Bertz CT molecular complexity index is 530. The molecule has 17 heavy (non-hydrogen) atoms. The summed E-state index contributed by atoms with van der Waals surface area (Å²) in [6.07, 6.45) is -4.28. The van der Waals surface area contributed by atoms with Gasteiger partial charge in [-0.2, -0.15) is 13.2 Å². The van der Waals surface area contributed by atoms with Gasteiger partial charge in [0.1, 0.15) is 0 Å². The number of alkyl halides is 3. The van der Waals surface area contributed by atoms with E-state index in [0.717, 1.165) is 16.3 Å². The van der Waals surface area contributed by atoms with Gasteiger partial charge in [-0.1, -0.05) is 0 Å². The first kappa shape index (κ1) is 12.4. The van der Waals surface area contributed by atoms with Crippen molar-refractivity contribution in [1.29, 1.82) is 0 Å². The van der Waals surface area contributed by atoms with Crippen molar-refractivity contribution in [2.45, 2.75) is 19.1 Å². The molecule has 1 unspecified atom stereocenters. The summed E-state index contributed by atoms with van der Waals surface area (Å²) < 4.78 is 38.8. The lowest BCUT2D eigenvalue weighted by Gasteiger charge is -2.10. The van der Waals surface area contributed by atoms with Gasteiger partial charge in [0.25, 0.3) is 0 Å². The first-order valence-corrected chi connectivity index (χ1v) is 6.07. The fourth-order valence-electron chi connectivity index (χ4n) is 1.72. The van der Waals surface area contributed by atoms with Crippen molar-refractivity contribution >= 4 is 21.4 Å². The number of thiophene rings is 1. The molecular formula is C12H12F3NS. The van der Waals surface area contributed by atoms with Crippen LogP contribution in [0.1, 0.15) is 24.1 Å². The van der Waals surface area contributed by atoms with E-state index in [-0.39, 0.29) is 6.04 Å². The number of benzene rings is 1. The summed E-state index contributed by atoms with van der Waals surface area (Å²) in [5, 5.41) is 5.64. The molecule has 2 rings (SSSR count). The number of rotatable bonds is 2. The number of fused-ring (bicyclic) bond motifs is 1. The predicted molar refractivity (Wildman–Crippen MR) is 64.3 cm³/mol. The van der Waals surface area contributed by atoms with Gasteiger partial charge in [0.15, 0.2) is 0 Å². The molecule has 1 atom stereocenters.